The maximum Gasteiger partial charge on any atom is 0.191 e. The average molecular weight is 319 g/mol. The number of quaternary nitrogens is 1. The van der Waals surface area contributed by atoms with Crippen LogP contribution in [0, 0.1) is 0 Å². The largest absolute Gasteiger partial charge is 1.00 e. The molecule has 0 saturated heterocycles. The van der Waals surface area contributed by atoms with E-state index in [4.69, 9.17) is 0 Å². The topological polar surface area (TPSA) is 37.3 Å². The van der Waals surface area contributed by atoms with Gasteiger partial charge in [-0.1, -0.05) is 18.7 Å². The van der Waals surface area contributed by atoms with E-state index in [0.717, 1.165) is 11.8 Å². The number of hydrogen-bond donors (Lipinski definition) is 1. The van der Waals surface area contributed by atoms with Gasteiger partial charge in [-0.2, -0.15) is 0 Å². The Morgan fingerprint density at radius 2 is 1.92 bits per heavy atom. The quantitative estimate of drug-likeness (QED) is 0.359. The second kappa shape index (κ2) is 7.03. The van der Waals surface area contributed by atoms with Crippen LogP contribution in [0.2, 0.25) is 0 Å². The molecule has 0 aromatic heterocycles. The number of carbonyl (C=O) groups excluding carboxylic acids is 1. The van der Waals surface area contributed by atoms with E-state index in [1.807, 2.05) is 21.1 Å². The van der Waals surface area contributed by atoms with Crippen molar-refractivity contribution in [3.8, 4) is 0 Å². The Kier molecular flexibility index (Phi) is 8.71. The molecule has 0 heterocycles. The summed E-state index contributed by atoms with van der Waals surface area (Å²) < 4.78 is 0.672. The fraction of sp³-hybridized carbons (Fsp3) is 0.875. The summed E-state index contributed by atoms with van der Waals surface area (Å²) in [5.41, 5.74) is -0.572. The predicted octanol–water partition coefficient (Wildman–Crippen LogP) is -2.32. The molecule has 0 saturated carbocycles. The predicted molar refractivity (Wildman–Crippen MR) is 51.8 cm³/mol. The molecule has 13 heavy (non-hydrogen) atoms. The minimum Gasteiger partial charge on any atom is -1.00 e. The molecule has 0 aromatic carbocycles. The molecule has 80 valence electrons. The molecule has 1 atom stereocenters. The van der Waals surface area contributed by atoms with E-state index < -0.39 is 5.44 Å². The van der Waals surface area contributed by atoms with Crippen LogP contribution in [0.1, 0.15) is 13.3 Å². The van der Waals surface area contributed by atoms with Crippen LogP contribution in [0.5, 0.6) is 0 Å². The number of aliphatic hydroxyl groups is 1. The maximum absolute atomic E-state index is 10.9. The Hall–Kier alpha value is 0.670. The first kappa shape index (κ1) is 16.1. The van der Waals surface area contributed by atoms with E-state index in [0.29, 0.717) is 17.4 Å². The maximum atomic E-state index is 10.9. The van der Waals surface area contributed by atoms with Crippen LogP contribution in [0.15, 0.2) is 0 Å². The molecular formula is C8H18INO2S. The van der Waals surface area contributed by atoms with Crippen molar-refractivity contribution in [2.45, 2.75) is 18.8 Å². The highest BCUT2D eigenvalue weighted by Gasteiger charge is 2.17. The number of likely N-dealkylation sites (N-methyl/N-ethyl adjacent to an activating group) is 1. The summed E-state index contributed by atoms with van der Waals surface area (Å²) in [5, 5.41) is 9.46. The van der Waals surface area contributed by atoms with Gasteiger partial charge in [-0.15, -0.1) is 0 Å². The average Bonchev–Trinajstić information content (AvgIpc) is 1.82. The number of aliphatic hydroxyl groups excluding tert-OH is 1. The van der Waals surface area contributed by atoms with Gasteiger partial charge in [0.25, 0.3) is 0 Å². The Bertz CT molecular complexity index is 159. The lowest BCUT2D eigenvalue weighted by Gasteiger charge is -2.25. The van der Waals surface area contributed by atoms with Crippen LogP contribution in [-0.4, -0.2) is 47.8 Å². The second-order valence-corrected chi connectivity index (χ2v) is 5.01. The van der Waals surface area contributed by atoms with Gasteiger partial charge in [0.2, 0.25) is 0 Å². The van der Waals surface area contributed by atoms with Gasteiger partial charge < -0.3 is 33.6 Å². The summed E-state index contributed by atoms with van der Waals surface area (Å²) >= 11 is 1.03. The molecule has 0 aromatic rings. The van der Waals surface area contributed by atoms with E-state index in [2.05, 4.69) is 0 Å². The molecule has 0 aliphatic rings. The van der Waals surface area contributed by atoms with Crippen LogP contribution in [0.3, 0.4) is 0 Å². The Morgan fingerprint density at radius 3 is 2.23 bits per heavy atom. The van der Waals surface area contributed by atoms with E-state index in [-0.39, 0.29) is 29.1 Å². The molecule has 0 radical (unpaired) electrons. The SMILES string of the molecule is CCC(=O)SC(O)C[N+](C)(C)C.[I-]. The third kappa shape index (κ3) is 10.6. The number of rotatable bonds is 4. The van der Waals surface area contributed by atoms with Crippen LogP contribution >= 0.6 is 11.8 Å². The van der Waals surface area contributed by atoms with Gasteiger partial charge in [0.1, 0.15) is 6.54 Å². The molecular weight excluding hydrogens is 301 g/mol. The lowest BCUT2D eigenvalue weighted by atomic mass is 10.5. The molecule has 3 nitrogen and oxygen atoms in total. The van der Waals surface area contributed by atoms with Gasteiger partial charge >= 0.3 is 0 Å². The zero-order chi connectivity index (χ0) is 9.78. The number of carbonyl (C=O) groups is 1. The van der Waals surface area contributed by atoms with Crippen molar-refractivity contribution in [2.24, 2.45) is 0 Å². The fourth-order valence-corrected chi connectivity index (χ4v) is 1.73. The normalized spacial score (nSPS) is 13.3. The van der Waals surface area contributed by atoms with Gasteiger partial charge in [0, 0.05) is 6.42 Å². The molecule has 0 fully saturated rings. The van der Waals surface area contributed by atoms with Gasteiger partial charge in [-0.3, -0.25) is 4.79 Å². The van der Waals surface area contributed by atoms with Crippen molar-refractivity contribution in [3.05, 3.63) is 0 Å². The summed E-state index contributed by atoms with van der Waals surface area (Å²) in [6.07, 6.45) is 0.485. The number of halogens is 1. The minimum absolute atomic E-state index is 0. The van der Waals surface area contributed by atoms with E-state index in [1.54, 1.807) is 6.92 Å². The lowest BCUT2D eigenvalue weighted by molar-refractivity contribution is -0.871. The van der Waals surface area contributed by atoms with Crippen molar-refractivity contribution in [3.63, 3.8) is 0 Å². The van der Waals surface area contributed by atoms with Gasteiger partial charge in [0.05, 0.1) is 21.1 Å². The first-order valence-corrected chi connectivity index (χ1v) is 4.91. The van der Waals surface area contributed by atoms with Crippen LogP contribution in [-0.2, 0) is 4.79 Å². The van der Waals surface area contributed by atoms with Gasteiger partial charge in [0.15, 0.2) is 10.6 Å². The summed E-state index contributed by atoms with van der Waals surface area (Å²) in [6, 6.07) is 0. The fourth-order valence-electron chi connectivity index (χ4n) is 0.741. The third-order valence-electron chi connectivity index (χ3n) is 1.26. The van der Waals surface area contributed by atoms with Crippen molar-refractivity contribution < 1.29 is 38.4 Å². The smallest absolute Gasteiger partial charge is 0.191 e. The second-order valence-electron chi connectivity index (χ2n) is 3.77. The van der Waals surface area contributed by atoms with Crippen LogP contribution in [0.25, 0.3) is 0 Å². The molecule has 0 bridgehead atoms. The summed E-state index contributed by atoms with van der Waals surface area (Å²) in [7, 11) is 5.96. The minimum atomic E-state index is -0.572. The molecule has 0 aliphatic carbocycles. The summed E-state index contributed by atoms with van der Waals surface area (Å²) in [4.78, 5) is 10.9. The monoisotopic (exact) mass is 319 g/mol. The van der Waals surface area contributed by atoms with Crippen molar-refractivity contribution in [2.75, 3.05) is 27.7 Å². The van der Waals surface area contributed by atoms with Crippen molar-refractivity contribution in [1.29, 1.82) is 0 Å². The number of hydrogen-bond acceptors (Lipinski definition) is 3. The van der Waals surface area contributed by atoms with Gasteiger partial charge in [-0.05, 0) is 0 Å². The molecule has 0 aliphatic heterocycles. The highest BCUT2D eigenvalue weighted by molar-refractivity contribution is 8.14. The standard InChI is InChI=1S/C8H18NO2S.HI/c1-5-7(10)12-8(11)6-9(2,3)4;/h8,11H,5-6H2,1-4H3;1H/q+1;/p-1. The molecule has 5 heteroatoms. The van der Waals surface area contributed by atoms with Crippen molar-refractivity contribution >= 4 is 16.9 Å². The highest BCUT2D eigenvalue weighted by Crippen LogP contribution is 2.13. The molecule has 1 unspecified atom stereocenters. The zero-order valence-corrected chi connectivity index (χ0v) is 11.6. The van der Waals surface area contributed by atoms with Crippen LogP contribution < -0.4 is 24.0 Å². The number of nitrogens with zero attached hydrogens (tertiary/aromatic N) is 1. The first-order chi connectivity index (χ1) is 5.35. The molecule has 0 rings (SSSR count). The summed E-state index contributed by atoms with van der Waals surface area (Å²) in [6.45, 7) is 2.39. The van der Waals surface area contributed by atoms with E-state index >= 15 is 0 Å². The molecule has 0 amide bonds. The zero-order valence-electron chi connectivity index (χ0n) is 8.58. The number of thioether (sulfide) groups is 1. The van der Waals surface area contributed by atoms with Crippen molar-refractivity contribution in [1.82, 2.24) is 0 Å². The molecule has 1 N–H and O–H groups in total. The Morgan fingerprint density at radius 1 is 1.46 bits per heavy atom. The summed E-state index contributed by atoms with van der Waals surface area (Å²) in [5.74, 6) is 0. The molecule has 0 spiro atoms. The van der Waals surface area contributed by atoms with Crippen LogP contribution in [0.4, 0.5) is 0 Å². The first-order valence-electron chi connectivity index (χ1n) is 4.03. The Labute approximate surface area is 101 Å². The van der Waals surface area contributed by atoms with E-state index in [1.165, 1.54) is 0 Å². The highest BCUT2D eigenvalue weighted by atomic mass is 127. The Balaban J connectivity index is 0. The van der Waals surface area contributed by atoms with Gasteiger partial charge in [-0.25, -0.2) is 0 Å². The third-order valence-corrected chi connectivity index (χ3v) is 2.23. The van der Waals surface area contributed by atoms with E-state index in [9.17, 15) is 9.90 Å². The lowest BCUT2D eigenvalue weighted by Crippen LogP contribution is -3.00.